The van der Waals surface area contributed by atoms with E-state index in [0.29, 0.717) is 19.3 Å². The minimum atomic E-state index is -0.764. The highest BCUT2D eigenvalue weighted by atomic mass is 16.5. The summed E-state index contributed by atoms with van der Waals surface area (Å²) in [6.07, 6.45) is 1.84. The van der Waals surface area contributed by atoms with Crippen LogP contribution in [0.1, 0.15) is 32.6 Å². The Labute approximate surface area is 77.5 Å². The monoisotopic (exact) mass is 183 g/mol. The molecule has 0 aromatic heterocycles. The molecular formula is C9H13NO3. The zero-order valence-electron chi connectivity index (χ0n) is 7.71. The van der Waals surface area contributed by atoms with E-state index in [1.54, 1.807) is 6.92 Å². The number of nitrogens with zero attached hydrogens (tertiary/aromatic N) is 1. The van der Waals surface area contributed by atoms with Crippen molar-refractivity contribution in [1.29, 1.82) is 5.26 Å². The fourth-order valence-corrected chi connectivity index (χ4v) is 0.803. The van der Waals surface area contributed by atoms with Gasteiger partial charge in [-0.1, -0.05) is 0 Å². The predicted octanol–water partition coefficient (Wildman–Crippen LogP) is 1.20. The van der Waals surface area contributed by atoms with Crippen molar-refractivity contribution >= 4 is 11.8 Å². The van der Waals surface area contributed by atoms with Crippen LogP contribution in [0.2, 0.25) is 0 Å². The lowest BCUT2D eigenvalue weighted by Crippen LogP contribution is -2.16. The molecule has 0 atom stereocenters. The van der Waals surface area contributed by atoms with Crippen LogP contribution in [0.15, 0.2) is 0 Å². The van der Waals surface area contributed by atoms with Crippen molar-refractivity contribution in [3.05, 3.63) is 0 Å². The predicted molar refractivity (Wildman–Crippen MR) is 45.7 cm³/mol. The lowest BCUT2D eigenvalue weighted by atomic mass is 10.1. The van der Waals surface area contributed by atoms with Gasteiger partial charge in [-0.05, 0) is 19.8 Å². The number of carbonyl (C=O) groups excluding carboxylic acids is 2. The first kappa shape index (κ1) is 11.6. The Balaban J connectivity index is 3.51. The Morgan fingerprint density at radius 3 is 2.62 bits per heavy atom. The average molecular weight is 183 g/mol. The minimum absolute atomic E-state index is 0.181. The van der Waals surface area contributed by atoms with E-state index in [4.69, 9.17) is 5.26 Å². The zero-order chi connectivity index (χ0) is 10.1. The van der Waals surface area contributed by atoms with Gasteiger partial charge >= 0.3 is 5.97 Å². The number of unbranched alkanes of at least 4 members (excludes halogenated alkanes) is 2. The average Bonchev–Trinajstić information content (AvgIpc) is 2.12. The molecule has 0 spiro atoms. The van der Waals surface area contributed by atoms with Crippen molar-refractivity contribution in [2.45, 2.75) is 32.6 Å². The SMILES string of the molecule is CCOC(=O)C(=O)CCCCC#N. The lowest BCUT2D eigenvalue weighted by Gasteiger charge is -1.99. The number of ether oxygens (including phenoxy) is 1. The molecule has 0 heterocycles. The first-order valence-electron chi connectivity index (χ1n) is 4.29. The number of esters is 1. The van der Waals surface area contributed by atoms with Crippen molar-refractivity contribution in [3.63, 3.8) is 0 Å². The van der Waals surface area contributed by atoms with E-state index in [0.717, 1.165) is 0 Å². The van der Waals surface area contributed by atoms with Gasteiger partial charge in [0.1, 0.15) is 0 Å². The van der Waals surface area contributed by atoms with Gasteiger partial charge in [0.15, 0.2) is 0 Å². The van der Waals surface area contributed by atoms with Crippen molar-refractivity contribution in [2.24, 2.45) is 0 Å². The fraction of sp³-hybridized carbons (Fsp3) is 0.667. The highest BCUT2D eigenvalue weighted by molar-refractivity contribution is 6.33. The van der Waals surface area contributed by atoms with E-state index in [-0.39, 0.29) is 13.0 Å². The number of carbonyl (C=O) groups is 2. The van der Waals surface area contributed by atoms with Crippen molar-refractivity contribution in [3.8, 4) is 6.07 Å². The molecule has 0 fully saturated rings. The standard InChI is InChI=1S/C9H13NO3/c1-2-13-9(12)8(11)6-4-3-5-7-10/h2-6H2,1H3. The summed E-state index contributed by atoms with van der Waals surface area (Å²) in [6, 6.07) is 1.97. The molecule has 0 aliphatic heterocycles. The molecule has 4 nitrogen and oxygen atoms in total. The summed E-state index contributed by atoms with van der Waals surface area (Å²) < 4.78 is 4.51. The Kier molecular flexibility index (Phi) is 6.52. The van der Waals surface area contributed by atoms with E-state index in [9.17, 15) is 9.59 Å². The van der Waals surface area contributed by atoms with Crippen LogP contribution in [0.4, 0.5) is 0 Å². The molecule has 0 amide bonds. The number of hydrogen-bond donors (Lipinski definition) is 0. The summed E-state index contributed by atoms with van der Waals surface area (Å²) >= 11 is 0. The van der Waals surface area contributed by atoms with Gasteiger partial charge in [-0.3, -0.25) is 4.79 Å². The number of ketones is 1. The number of Topliss-reactive ketones (excluding diaryl/α,β-unsaturated/α-hetero) is 1. The second kappa shape index (κ2) is 7.29. The third-order valence-electron chi connectivity index (χ3n) is 1.45. The number of rotatable bonds is 6. The molecule has 0 aromatic carbocycles. The first-order valence-corrected chi connectivity index (χ1v) is 4.29. The molecule has 0 saturated carbocycles. The molecule has 0 aliphatic carbocycles. The first-order chi connectivity index (χ1) is 6.22. The quantitative estimate of drug-likeness (QED) is 0.352. The van der Waals surface area contributed by atoms with E-state index >= 15 is 0 Å². The Hall–Kier alpha value is -1.37. The maximum atomic E-state index is 10.9. The molecule has 72 valence electrons. The van der Waals surface area contributed by atoms with E-state index in [2.05, 4.69) is 4.74 Å². The van der Waals surface area contributed by atoms with Gasteiger partial charge in [-0.25, -0.2) is 4.79 Å². The van der Waals surface area contributed by atoms with Gasteiger partial charge in [-0.15, -0.1) is 0 Å². The van der Waals surface area contributed by atoms with Crippen LogP contribution < -0.4 is 0 Å². The number of hydrogen-bond acceptors (Lipinski definition) is 4. The Bertz CT molecular complexity index is 217. The van der Waals surface area contributed by atoms with Gasteiger partial charge in [0.05, 0.1) is 12.7 Å². The molecule has 0 aromatic rings. The molecule has 13 heavy (non-hydrogen) atoms. The van der Waals surface area contributed by atoms with E-state index < -0.39 is 11.8 Å². The maximum Gasteiger partial charge on any atom is 0.374 e. The molecule has 0 bridgehead atoms. The van der Waals surface area contributed by atoms with Gasteiger partial charge in [0.2, 0.25) is 5.78 Å². The highest BCUT2D eigenvalue weighted by Gasteiger charge is 2.13. The molecule has 0 unspecified atom stereocenters. The van der Waals surface area contributed by atoms with E-state index in [1.807, 2.05) is 6.07 Å². The summed E-state index contributed by atoms with van der Waals surface area (Å²) in [5.74, 6) is -1.26. The van der Waals surface area contributed by atoms with Crippen LogP contribution in [0.25, 0.3) is 0 Å². The molecule has 0 radical (unpaired) electrons. The fourth-order valence-electron chi connectivity index (χ4n) is 0.803. The van der Waals surface area contributed by atoms with Crippen LogP contribution in [-0.4, -0.2) is 18.4 Å². The minimum Gasteiger partial charge on any atom is -0.460 e. The van der Waals surface area contributed by atoms with Gasteiger partial charge in [0.25, 0.3) is 0 Å². The third-order valence-corrected chi connectivity index (χ3v) is 1.45. The Morgan fingerprint density at radius 2 is 2.08 bits per heavy atom. The second-order valence-electron chi connectivity index (χ2n) is 2.51. The van der Waals surface area contributed by atoms with Crippen LogP contribution in [0.3, 0.4) is 0 Å². The van der Waals surface area contributed by atoms with Crippen LogP contribution in [0.5, 0.6) is 0 Å². The highest BCUT2D eigenvalue weighted by Crippen LogP contribution is 2.00. The van der Waals surface area contributed by atoms with Crippen LogP contribution >= 0.6 is 0 Å². The molecule has 0 N–H and O–H groups in total. The maximum absolute atomic E-state index is 10.9. The lowest BCUT2D eigenvalue weighted by molar-refractivity contribution is -0.153. The van der Waals surface area contributed by atoms with Gasteiger partial charge in [0, 0.05) is 12.8 Å². The van der Waals surface area contributed by atoms with Crippen molar-refractivity contribution in [2.75, 3.05) is 6.61 Å². The van der Waals surface area contributed by atoms with Crippen molar-refractivity contribution < 1.29 is 14.3 Å². The topological polar surface area (TPSA) is 67.2 Å². The van der Waals surface area contributed by atoms with Crippen LogP contribution in [0, 0.1) is 11.3 Å². The normalized spacial score (nSPS) is 8.92. The summed E-state index contributed by atoms with van der Waals surface area (Å²) in [5.41, 5.74) is 0. The van der Waals surface area contributed by atoms with E-state index in [1.165, 1.54) is 0 Å². The Morgan fingerprint density at radius 1 is 1.38 bits per heavy atom. The zero-order valence-corrected chi connectivity index (χ0v) is 7.71. The molecule has 0 saturated heterocycles. The molecule has 0 rings (SSSR count). The van der Waals surface area contributed by atoms with Crippen LogP contribution in [-0.2, 0) is 14.3 Å². The summed E-state index contributed by atoms with van der Waals surface area (Å²) in [7, 11) is 0. The van der Waals surface area contributed by atoms with Crippen molar-refractivity contribution in [1.82, 2.24) is 0 Å². The third kappa shape index (κ3) is 5.85. The largest absolute Gasteiger partial charge is 0.460 e. The van der Waals surface area contributed by atoms with Gasteiger partial charge in [-0.2, -0.15) is 5.26 Å². The van der Waals surface area contributed by atoms with Gasteiger partial charge < -0.3 is 4.74 Å². The second-order valence-corrected chi connectivity index (χ2v) is 2.51. The summed E-state index contributed by atoms with van der Waals surface area (Å²) in [4.78, 5) is 21.7. The molecular weight excluding hydrogens is 170 g/mol. The number of nitriles is 1. The summed E-state index contributed by atoms with van der Waals surface area (Å²) in [5, 5.41) is 8.20. The smallest absolute Gasteiger partial charge is 0.374 e. The molecule has 0 aliphatic rings. The summed E-state index contributed by atoms with van der Waals surface area (Å²) in [6.45, 7) is 1.88. The molecule has 4 heteroatoms.